The van der Waals surface area contributed by atoms with Gasteiger partial charge in [-0.2, -0.15) is 5.10 Å². The van der Waals surface area contributed by atoms with Crippen molar-refractivity contribution >= 4 is 23.2 Å². The number of carbonyl (C=O) groups excluding carboxylic acids is 1. The minimum Gasteiger partial charge on any atom is -0.497 e. The van der Waals surface area contributed by atoms with Gasteiger partial charge in [-0.15, -0.1) is 0 Å². The summed E-state index contributed by atoms with van der Waals surface area (Å²) in [4.78, 5) is 12.1. The normalized spacial score (nSPS) is 11.0. The van der Waals surface area contributed by atoms with Crippen LogP contribution < -0.4 is 14.9 Å². The van der Waals surface area contributed by atoms with Gasteiger partial charge in [-0.3, -0.25) is 4.79 Å². The van der Waals surface area contributed by atoms with E-state index in [2.05, 4.69) is 10.5 Å². The van der Waals surface area contributed by atoms with Crippen molar-refractivity contribution in [3.05, 3.63) is 58.6 Å². The lowest BCUT2D eigenvalue weighted by atomic mass is 10.1. The van der Waals surface area contributed by atoms with Crippen LogP contribution in [0.4, 0.5) is 0 Å². The minimum atomic E-state index is -0.334. The zero-order valence-corrected chi connectivity index (χ0v) is 13.8. The summed E-state index contributed by atoms with van der Waals surface area (Å²) in [6.45, 7) is 1.78. The molecule has 2 aromatic carbocycles. The smallest absolute Gasteiger partial charge is 0.271 e. The van der Waals surface area contributed by atoms with Gasteiger partial charge in [0, 0.05) is 22.2 Å². The number of methoxy groups -OCH3 is 2. The first-order valence-corrected chi connectivity index (χ1v) is 7.25. The highest BCUT2D eigenvalue weighted by Gasteiger charge is 2.09. The predicted molar refractivity (Wildman–Crippen MR) is 90.7 cm³/mol. The average molecular weight is 333 g/mol. The fraction of sp³-hybridized carbons (Fsp3) is 0.176. The lowest BCUT2D eigenvalue weighted by Gasteiger charge is -2.10. The third-order valence-corrected chi connectivity index (χ3v) is 3.45. The molecule has 0 saturated heterocycles. The van der Waals surface area contributed by atoms with Crippen molar-refractivity contribution in [3.63, 3.8) is 0 Å². The van der Waals surface area contributed by atoms with Crippen molar-refractivity contribution in [3.8, 4) is 11.5 Å². The second-order valence-electron chi connectivity index (χ2n) is 4.71. The van der Waals surface area contributed by atoms with Crippen molar-refractivity contribution in [2.24, 2.45) is 5.10 Å². The van der Waals surface area contributed by atoms with Crippen LogP contribution in [0.1, 0.15) is 22.8 Å². The van der Waals surface area contributed by atoms with Gasteiger partial charge in [0.1, 0.15) is 11.5 Å². The van der Waals surface area contributed by atoms with Crippen molar-refractivity contribution in [1.29, 1.82) is 0 Å². The van der Waals surface area contributed by atoms with Gasteiger partial charge >= 0.3 is 0 Å². The van der Waals surface area contributed by atoms with Gasteiger partial charge in [0.25, 0.3) is 5.91 Å². The molecule has 2 rings (SSSR count). The van der Waals surface area contributed by atoms with Crippen molar-refractivity contribution < 1.29 is 14.3 Å². The van der Waals surface area contributed by atoms with E-state index in [1.165, 1.54) is 0 Å². The molecular formula is C17H17ClN2O3. The highest BCUT2D eigenvalue weighted by molar-refractivity contribution is 6.30. The molecule has 1 amide bonds. The van der Waals surface area contributed by atoms with Gasteiger partial charge in [-0.25, -0.2) is 5.43 Å². The number of carbonyl (C=O) groups is 1. The van der Waals surface area contributed by atoms with Crippen LogP contribution in [-0.4, -0.2) is 25.8 Å². The van der Waals surface area contributed by atoms with Crippen molar-refractivity contribution in [1.82, 2.24) is 5.43 Å². The molecule has 0 aromatic heterocycles. The van der Waals surface area contributed by atoms with Crippen molar-refractivity contribution in [2.45, 2.75) is 6.92 Å². The molecule has 0 atom stereocenters. The molecule has 2 aromatic rings. The van der Waals surface area contributed by atoms with Crippen LogP contribution in [0.3, 0.4) is 0 Å². The molecule has 5 nitrogen and oxygen atoms in total. The van der Waals surface area contributed by atoms with Crippen LogP contribution in [0, 0.1) is 0 Å². The molecule has 0 aliphatic rings. The predicted octanol–water partition coefficient (Wildman–Crippen LogP) is 3.51. The van der Waals surface area contributed by atoms with Crippen LogP contribution in [-0.2, 0) is 0 Å². The summed E-state index contributed by atoms with van der Waals surface area (Å²) >= 11 is 5.87. The Labute approximate surface area is 139 Å². The molecule has 0 aliphatic carbocycles. The zero-order chi connectivity index (χ0) is 16.8. The summed E-state index contributed by atoms with van der Waals surface area (Å²) < 4.78 is 10.5. The molecule has 0 heterocycles. The Morgan fingerprint density at radius 1 is 1.13 bits per heavy atom. The monoisotopic (exact) mass is 332 g/mol. The lowest BCUT2D eigenvalue weighted by Crippen LogP contribution is -2.19. The molecule has 0 aliphatic heterocycles. The maximum atomic E-state index is 12.1. The lowest BCUT2D eigenvalue weighted by molar-refractivity contribution is 0.0955. The topological polar surface area (TPSA) is 59.9 Å². The maximum absolute atomic E-state index is 12.1. The number of hydrazone groups is 1. The van der Waals surface area contributed by atoms with E-state index in [1.807, 2.05) is 6.07 Å². The number of benzene rings is 2. The Hall–Kier alpha value is -2.53. The number of nitrogens with zero attached hydrogens (tertiary/aromatic N) is 1. The molecule has 6 heteroatoms. The Bertz CT molecular complexity index is 744. The third-order valence-electron chi connectivity index (χ3n) is 3.21. The number of hydrogen-bond acceptors (Lipinski definition) is 4. The van der Waals surface area contributed by atoms with Crippen LogP contribution in [0.5, 0.6) is 11.5 Å². The van der Waals surface area contributed by atoms with Gasteiger partial charge in [0.05, 0.1) is 19.9 Å². The Balaban J connectivity index is 2.18. The molecule has 120 valence electrons. The van der Waals surface area contributed by atoms with Crippen molar-refractivity contribution in [2.75, 3.05) is 14.2 Å². The van der Waals surface area contributed by atoms with Crippen LogP contribution in [0.2, 0.25) is 5.02 Å². The molecule has 0 saturated carbocycles. The molecule has 1 N–H and O–H groups in total. The van der Waals surface area contributed by atoms with Gasteiger partial charge in [-0.05, 0) is 37.3 Å². The Morgan fingerprint density at radius 3 is 2.57 bits per heavy atom. The van der Waals surface area contributed by atoms with E-state index < -0.39 is 0 Å². The average Bonchev–Trinajstić information content (AvgIpc) is 2.58. The van der Waals surface area contributed by atoms with Crippen LogP contribution in [0.15, 0.2) is 47.6 Å². The van der Waals surface area contributed by atoms with E-state index in [1.54, 1.807) is 57.5 Å². The number of nitrogens with one attached hydrogen (secondary N) is 1. The molecule has 0 bridgehead atoms. The first kappa shape index (κ1) is 16.8. The molecule has 0 unspecified atom stereocenters. The fourth-order valence-electron chi connectivity index (χ4n) is 1.99. The standard InChI is InChI=1S/C17H17ClN2O3/c1-11(15-8-7-14(22-2)10-16(15)23-3)19-20-17(21)12-5-4-6-13(18)9-12/h4-10H,1-3H3,(H,20,21)/b19-11-. The second kappa shape index (κ2) is 7.65. The first-order valence-electron chi connectivity index (χ1n) is 6.87. The van der Waals surface area contributed by atoms with Gasteiger partial charge in [0.2, 0.25) is 0 Å². The van der Waals surface area contributed by atoms with E-state index in [0.29, 0.717) is 27.8 Å². The molecule has 0 radical (unpaired) electrons. The Morgan fingerprint density at radius 2 is 1.91 bits per heavy atom. The Kier molecular flexibility index (Phi) is 5.60. The number of halogens is 1. The van der Waals surface area contributed by atoms with Crippen LogP contribution >= 0.6 is 11.6 Å². The number of hydrogen-bond donors (Lipinski definition) is 1. The van der Waals surface area contributed by atoms with E-state index in [-0.39, 0.29) is 5.91 Å². The fourth-order valence-corrected chi connectivity index (χ4v) is 2.18. The summed E-state index contributed by atoms with van der Waals surface area (Å²) in [5.41, 5.74) is 4.32. The van der Waals surface area contributed by atoms with Gasteiger partial charge < -0.3 is 9.47 Å². The molecule has 0 spiro atoms. The zero-order valence-electron chi connectivity index (χ0n) is 13.1. The first-order chi connectivity index (χ1) is 11.0. The molecule has 23 heavy (non-hydrogen) atoms. The number of amides is 1. The number of rotatable bonds is 5. The van der Waals surface area contributed by atoms with Gasteiger partial charge in [0.15, 0.2) is 0 Å². The quantitative estimate of drug-likeness (QED) is 0.673. The maximum Gasteiger partial charge on any atom is 0.271 e. The summed E-state index contributed by atoms with van der Waals surface area (Å²) in [6, 6.07) is 12.0. The summed E-state index contributed by atoms with van der Waals surface area (Å²) in [7, 11) is 3.15. The second-order valence-corrected chi connectivity index (χ2v) is 5.15. The highest BCUT2D eigenvalue weighted by Crippen LogP contribution is 2.25. The molecule has 0 fully saturated rings. The molecular weight excluding hydrogens is 316 g/mol. The highest BCUT2D eigenvalue weighted by atomic mass is 35.5. The number of ether oxygens (including phenoxy) is 2. The van der Waals surface area contributed by atoms with E-state index >= 15 is 0 Å². The summed E-state index contributed by atoms with van der Waals surface area (Å²) in [5.74, 6) is 0.961. The van der Waals surface area contributed by atoms with Crippen LogP contribution in [0.25, 0.3) is 0 Å². The van der Waals surface area contributed by atoms with E-state index in [4.69, 9.17) is 21.1 Å². The SMILES string of the molecule is COc1ccc(/C(C)=N\NC(=O)c2cccc(Cl)c2)c(OC)c1. The van der Waals surface area contributed by atoms with E-state index in [0.717, 1.165) is 5.56 Å². The summed E-state index contributed by atoms with van der Waals surface area (Å²) in [5, 5.41) is 4.61. The van der Waals surface area contributed by atoms with Gasteiger partial charge in [-0.1, -0.05) is 17.7 Å². The third kappa shape index (κ3) is 4.23. The summed E-state index contributed by atoms with van der Waals surface area (Å²) in [6.07, 6.45) is 0. The van der Waals surface area contributed by atoms with E-state index in [9.17, 15) is 4.79 Å². The largest absolute Gasteiger partial charge is 0.497 e. The minimum absolute atomic E-state index is 0.334.